The van der Waals surface area contributed by atoms with Gasteiger partial charge in [-0.2, -0.15) is 0 Å². The van der Waals surface area contributed by atoms with Crippen LogP contribution in [0.1, 0.15) is 54.8 Å². The lowest BCUT2D eigenvalue weighted by molar-refractivity contribution is 0.0931. The molecular formula is C24H28FN3O. The van der Waals surface area contributed by atoms with Gasteiger partial charge in [0.25, 0.3) is 0 Å². The predicted octanol–water partition coefficient (Wildman–Crippen LogP) is 4.14. The van der Waals surface area contributed by atoms with Crippen LogP contribution in [0.25, 0.3) is 0 Å². The number of carbonyl (C=O) groups is 1. The molecule has 2 aromatic rings. The fourth-order valence-electron chi connectivity index (χ4n) is 5.63. The van der Waals surface area contributed by atoms with E-state index in [1.54, 1.807) is 12.1 Å². The molecule has 0 saturated heterocycles. The second-order valence-electron chi connectivity index (χ2n) is 9.06. The van der Waals surface area contributed by atoms with Gasteiger partial charge in [0.15, 0.2) is 0 Å². The molecule has 0 unspecified atom stereocenters. The maximum atomic E-state index is 13.5. The number of benzene rings is 2. The number of nitrogens with one attached hydrogen (secondary N) is 1. The molecule has 0 radical (unpaired) electrons. The van der Waals surface area contributed by atoms with Crippen LogP contribution >= 0.6 is 0 Å². The van der Waals surface area contributed by atoms with Gasteiger partial charge in [-0.1, -0.05) is 36.4 Å². The highest BCUT2D eigenvalue weighted by atomic mass is 19.1. The average molecular weight is 394 g/mol. The molecule has 3 N–H and O–H groups in total. The van der Waals surface area contributed by atoms with Crippen molar-refractivity contribution in [1.29, 1.82) is 0 Å². The molecule has 1 heterocycles. The number of urea groups is 1. The van der Waals surface area contributed by atoms with Crippen LogP contribution in [-0.2, 0) is 6.42 Å². The summed E-state index contributed by atoms with van der Waals surface area (Å²) in [6.45, 7) is 0.649. The number of carbonyl (C=O) groups excluding carboxylic acids is 1. The SMILES string of the molecule is NC12CCC(CC1)[C@H](NC(=O)N1CCc3ccccc3[C@@H]1c1ccc(F)cc1)C2. The summed E-state index contributed by atoms with van der Waals surface area (Å²) in [7, 11) is 0. The normalized spacial score (nSPS) is 30.7. The number of nitrogens with two attached hydrogens (primary N) is 1. The highest BCUT2D eigenvalue weighted by Gasteiger charge is 2.44. The zero-order valence-corrected chi connectivity index (χ0v) is 16.6. The van der Waals surface area contributed by atoms with E-state index in [-0.39, 0.29) is 29.5 Å². The van der Waals surface area contributed by atoms with E-state index in [4.69, 9.17) is 5.73 Å². The summed E-state index contributed by atoms with van der Waals surface area (Å²) in [5.74, 6) is 0.269. The summed E-state index contributed by atoms with van der Waals surface area (Å²) in [4.78, 5) is 15.3. The quantitative estimate of drug-likeness (QED) is 0.806. The Kier molecular flexibility index (Phi) is 4.58. The van der Waals surface area contributed by atoms with Crippen LogP contribution in [0.4, 0.5) is 9.18 Å². The van der Waals surface area contributed by atoms with Crippen LogP contribution in [0.2, 0.25) is 0 Å². The number of nitrogens with zero attached hydrogens (tertiary/aromatic N) is 1. The molecular weight excluding hydrogens is 365 g/mol. The molecule has 4 aliphatic rings. The number of hydrogen-bond acceptors (Lipinski definition) is 2. The predicted molar refractivity (Wildman–Crippen MR) is 111 cm³/mol. The highest BCUT2D eigenvalue weighted by molar-refractivity contribution is 5.76. The first-order valence-electron chi connectivity index (χ1n) is 10.7. The minimum Gasteiger partial charge on any atom is -0.335 e. The lowest BCUT2D eigenvalue weighted by Crippen LogP contribution is -2.60. The van der Waals surface area contributed by atoms with Gasteiger partial charge in [-0.25, -0.2) is 9.18 Å². The van der Waals surface area contributed by atoms with Gasteiger partial charge in [0.05, 0.1) is 6.04 Å². The Labute approximate surface area is 171 Å². The van der Waals surface area contributed by atoms with Crippen LogP contribution in [0.3, 0.4) is 0 Å². The first-order valence-corrected chi connectivity index (χ1v) is 10.7. The zero-order valence-electron chi connectivity index (χ0n) is 16.6. The molecule has 6 rings (SSSR count). The summed E-state index contributed by atoms with van der Waals surface area (Å²) in [5.41, 5.74) is 9.74. The summed E-state index contributed by atoms with van der Waals surface area (Å²) < 4.78 is 13.5. The minimum absolute atomic E-state index is 0.0324. The van der Waals surface area contributed by atoms with E-state index in [2.05, 4.69) is 17.4 Å². The number of halogens is 1. The highest BCUT2D eigenvalue weighted by Crippen LogP contribution is 2.43. The van der Waals surface area contributed by atoms with E-state index >= 15 is 0 Å². The molecule has 3 fully saturated rings. The van der Waals surface area contributed by atoms with Gasteiger partial charge in [0, 0.05) is 18.1 Å². The van der Waals surface area contributed by atoms with Gasteiger partial charge >= 0.3 is 6.03 Å². The number of amides is 2. The molecule has 29 heavy (non-hydrogen) atoms. The van der Waals surface area contributed by atoms with Crippen LogP contribution in [0.15, 0.2) is 48.5 Å². The van der Waals surface area contributed by atoms with E-state index in [0.717, 1.165) is 49.7 Å². The van der Waals surface area contributed by atoms with Crippen molar-refractivity contribution in [2.45, 2.75) is 56.1 Å². The Morgan fingerprint density at radius 1 is 1.10 bits per heavy atom. The maximum absolute atomic E-state index is 13.5. The van der Waals surface area contributed by atoms with Gasteiger partial charge in [0.2, 0.25) is 0 Å². The summed E-state index contributed by atoms with van der Waals surface area (Å²) in [5, 5.41) is 3.32. The first-order chi connectivity index (χ1) is 14.0. The molecule has 3 saturated carbocycles. The second-order valence-corrected chi connectivity index (χ2v) is 9.06. The Morgan fingerprint density at radius 3 is 2.55 bits per heavy atom. The van der Waals surface area contributed by atoms with Gasteiger partial charge in [0.1, 0.15) is 5.82 Å². The van der Waals surface area contributed by atoms with E-state index in [1.807, 2.05) is 17.0 Å². The van der Waals surface area contributed by atoms with Gasteiger partial charge in [-0.3, -0.25) is 0 Å². The third-order valence-electron chi connectivity index (χ3n) is 7.26. The molecule has 0 spiro atoms. The third-order valence-corrected chi connectivity index (χ3v) is 7.26. The smallest absolute Gasteiger partial charge is 0.318 e. The summed E-state index contributed by atoms with van der Waals surface area (Å²) in [6.07, 6.45) is 6.04. The molecule has 152 valence electrons. The van der Waals surface area contributed by atoms with Crippen molar-refractivity contribution in [3.8, 4) is 0 Å². The monoisotopic (exact) mass is 393 g/mol. The van der Waals surface area contributed by atoms with Gasteiger partial charge < -0.3 is 16.0 Å². The Bertz CT molecular complexity index is 905. The van der Waals surface area contributed by atoms with E-state index < -0.39 is 0 Å². The van der Waals surface area contributed by atoms with Gasteiger partial charge in [-0.05, 0) is 73.3 Å². The van der Waals surface area contributed by atoms with Crippen molar-refractivity contribution < 1.29 is 9.18 Å². The largest absolute Gasteiger partial charge is 0.335 e. The van der Waals surface area contributed by atoms with E-state index in [1.165, 1.54) is 17.7 Å². The Morgan fingerprint density at radius 2 is 1.83 bits per heavy atom. The van der Waals surface area contributed by atoms with Crippen molar-refractivity contribution in [1.82, 2.24) is 10.2 Å². The Hall–Kier alpha value is -2.40. The van der Waals surface area contributed by atoms with Crippen LogP contribution in [0, 0.1) is 11.7 Å². The zero-order chi connectivity index (χ0) is 20.0. The van der Waals surface area contributed by atoms with Crippen molar-refractivity contribution in [2.75, 3.05) is 6.54 Å². The van der Waals surface area contributed by atoms with Crippen molar-refractivity contribution in [3.05, 3.63) is 71.0 Å². The third kappa shape index (κ3) is 3.42. The topological polar surface area (TPSA) is 58.4 Å². The first kappa shape index (κ1) is 18.6. The fraction of sp³-hybridized carbons (Fsp3) is 0.458. The summed E-state index contributed by atoms with van der Waals surface area (Å²) >= 11 is 0. The van der Waals surface area contributed by atoms with Crippen molar-refractivity contribution in [2.24, 2.45) is 11.7 Å². The van der Waals surface area contributed by atoms with Crippen LogP contribution in [0.5, 0.6) is 0 Å². The lowest BCUT2D eigenvalue weighted by Gasteiger charge is -2.49. The van der Waals surface area contributed by atoms with Crippen molar-refractivity contribution >= 4 is 6.03 Å². The van der Waals surface area contributed by atoms with E-state index in [0.29, 0.717) is 12.5 Å². The molecule has 1 aliphatic heterocycles. The molecule has 2 aromatic carbocycles. The molecule has 5 heteroatoms. The summed E-state index contributed by atoms with van der Waals surface area (Å²) in [6, 6.07) is 14.7. The fourth-order valence-corrected chi connectivity index (χ4v) is 5.63. The molecule has 0 aromatic heterocycles. The van der Waals surface area contributed by atoms with Gasteiger partial charge in [-0.15, -0.1) is 0 Å². The van der Waals surface area contributed by atoms with Crippen LogP contribution in [-0.4, -0.2) is 29.1 Å². The average Bonchev–Trinajstić information content (AvgIpc) is 2.73. The molecule has 2 bridgehead atoms. The van der Waals surface area contributed by atoms with E-state index in [9.17, 15) is 9.18 Å². The molecule has 3 aliphatic carbocycles. The Balaban J connectivity index is 1.43. The lowest BCUT2D eigenvalue weighted by atomic mass is 9.64. The minimum atomic E-state index is -0.264. The molecule has 2 amide bonds. The number of rotatable bonds is 2. The van der Waals surface area contributed by atoms with Crippen molar-refractivity contribution in [3.63, 3.8) is 0 Å². The molecule has 2 atom stereocenters. The molecule has 4 nitrogen and oxygen atoms in total. The van der Waals surface area contributed by atoms with Crippen LogP contribution < -0.4 is 11.1 Å². The maximum Gasteiger partial charge on any atom is 0.318 e. The standard InChI is InChI=1S/C24H28FN3O/c25-19-7-5-18(6-8-19)22-20-4-2-1-3-16(20)11-14-28(22)23(29)27-21-15-24(26)12-9-17(21)10-13-24/h1-8,17,21-22H,9-15,26H2,(H,27,29)/t17?,21-,22+,24?/m1/s1. The number of fused-ring (bicyclic) bond motifs is 4. The number of hydrogen-bond donors (Lipinski definition) is 2. The second kappa shape index (κ2) is 7.13.